The molecule has 2 aromatic carbocycles. The summed E-state index contributed by atoms with van der Waals surface area (Å²) in [5.41, 5.74) is 5.47. The molecule has 0 fully saturated rings. The lowest BCUT2D eigenvalue weighted by atomic mass is 10.1. The minimum Gasteiger partial charge on any atom is -0.443 e. The van der Waals surface area contributed by atoms with E-state index in [1.807, 2.05) is 32.0 Å². The molecule has 4 rings (SSSR count). The number of benzene rings is 2. The summed E-state index contributed by atoms with van der Waals surface area (Å²) in [6, 6.07) is 13.3. The highest BCUT2D eigenvalue weighted by Crippen LogP contribution is 2.38. The predicted molar refractivity (Wildman–Crippen MR) is 137 cm³/mol. The van der Waals surface area contributed by atoms with Crippen molar-refractivity contribution in [1.82, 2.24) is 14.9 Å². The standard InChI is InChI=1S/C26H28Cl2N4O2/c1-5-20-23(18-12-11-16(27)14-19(18)28)29-21(6-2)25(30-20)31-24-17-10-8-7-9-15(17)13-22(24)34-26(33)32(3)4/h7-12,14,22,24H,5-6,13H2,1-4H3,(H,30,31). The molecule has 6 nitrogen and oxygen atoms in total. The molecule has 1 aliphatic carbocycles. The lowest BCUT2D eigenvalue weighted by Gasteiger charge is -2.25. The Kier molecular flexibility index (Phi) is 7.29. The molecule has 0 spiro atoms. The van der Waals surface area contributed by atoms with Crippen LogP contribution in [0.5, 0.6) is 0 Å². The van der Waals surface area contributed by atoms with Crippen LogP contribution in [0, 0.1) is 0 Å². The second kappa shape index (κ2) is 10.2. The Balaban J connectivity index is 1.74. The Morgan fingerprint density at radius 1 is 1.09 bits per heavy atom. The fraction of sp³-hybridized carbons (Fsp3) is 0.346. The van der Waals surface area contributed by atoms with Crippen LogP contribution < -0.4 is 5.32 Å². The minimum atomic E-state index is -0.367. The van der Waals surface area contributed by atoms with Gasteiger partial charge in [-0.15, -0.1) is 0 Å². The molecule has 178 valence electrons. The van der Waals surface area contributed by atoms with Crippen LogP contribution >= 0.6 is 23.2 Å². The Morgan fingerprint density at radius 3 is 2.50 bits per heavy atom. The second-order valence-electron chi connectivity index (χ2n) is 8.49. The van der Waals surface area contributed by atoms with Gasteiger partial charge in [-0.2, -0.15) is 0 Å². The van der Waals surface area contributed by atoms with E-state index in [1.54, 1.807) is 26.2 Å². The van der Waals surface area contributed by atoms with Gasteiger partial charge in [-0.05, 0) is 42.2 Å². The molecule has 1 amide bonds. The van der Waals surface area contributed by atoms with Crippen LogP contribution in [0.3, 0.4) is 0 Å². The van der Waals surface area contributed by atoms with Crippen molar-refractivity contribution in [3.05, 3.63) is 75.0 Å². The van der Waals surface area contributed by atoms with E-state index in [0.29, 0.717) is 35.1 Å². The van der Waals surface area contributed by atoms with Gasteiger partial charge in [0.2, 0.25) is 0 Å². The minimum absolute atomic E-state index is 0.227. The molecule has 1 aliphatic rings. The zero-order valence-electron chi connectivity index (χ0n) is 19.7. The number of hydrogen-bond donors (Lipinski definition) is 1. The van der Waals surface area contributed by atoms with Crippen LogP contribution in [0.4, 0.5) is 10.6 Å². The van der Waals surface area contributed by atoms with Crippen LogP contribution in [0.15, 0.2) is 42.5 Å². The van der Waals surface area contributed by atoms with Crippen molar-refractivity contribution in [3.8, 4) is 11.3 Å². The molecule has 1 N–H and O–H groups in total. The second-order valence-corrected chi connectivity index (χ2v) is 9.33. The monoisotopic (exact) mass is 498 g/mol. The molecule has 34 heavy (non-hydrogen) atoms. The molecule has 0 saturated heterocycles. The summed E-state index contributed by atoms with van der Waals surface area (Å²) >= 11 is 12.6. The number of rotatable bonds is 6. The Bertz CT molecular complexity index is 1220. The molecule has 0 radical (unpaired) electrons. The van der Waals surface area contributed by atoms with Gasteiger partial charge in [-0.1, -0.05) is 61.3 Å². The van der Waals surface area contributed by atoms with Crippen molar-refractivity contribution >= 4 is 35.1 Å². The molecule has 0 bridgehead atoms. The molecule has 0 saturated carbocycles. The smallest absolute Gasteiger partial charge is 0.409 e. The van der Waals surface area contributed by atoms with E-state index in [2.05, 4.69) is 17.4 Å². The van der Waals surface area contributed by atoms with Crippen molar-refractivity contribution < 1.29 is 9.53 Å². The van der Waals surface area contributed by atoms with Gasteiger partial charge in [-0.3, -0.25) is 0 Å². The highest BCUT2D eigenvalue weighted by atomic mass is 35.5. The van der Waals surface area contributed by atoms with Gasteiger partial charge in [-0.25, -0.2) is 14.8 Å². The van der Waals surface area contributed by atoms with Gasteiger partial charge in [0, 0.05) is 31.1 Å². The maximum atomic E-state index is 12.4. The van der Waals surface area contributed by atoms with Crippen LogP contribution in [-0.2, 0) is 24.0 Å². The molecular formula is C26H28Cl2N4O2. The third-order valence-corrected chi connectivity index (χ3v) is 6.54. The van der Waals surface area contributed by atoms with E-state index in [4.69, 9.17) is 37.9 Å². The van der Waals surface area contributed by atoms with E-state index < -0.39 is 0 Å². The number of fused-ring (bicyclic) bond motifs is 1. The summed E-state index contributed by atoms with van der Waals surface area (Å²) in [7, 11) is 3.36. The van der Waals surface area contributed by atoms with Gasteiger partial charge in [0.1, 0.15) is 11.9 Å². The van der Waals surface area contributed by atoms with E-state index in [-0.39, 0.29) is 18.2 Å². The van der Waals surface area contributed by atoms with Crippen molar-refractivity contribution in [2.24, 2.45) is 0 Å². The first-order valence-electron chi connectivity index (χ1n) is 11.4. The Hall–Kier alpha value is -2.83. The van der Waals surface area contributed by atoms with Crippen molar-refractivity contribution in [2.45, 2.75) is 45.3 Å². The lowest BCUT2D eigenvalue weighted by molar-refractivity contribution is 0.0705. The number of amides is 1. The summed E-state index contributed by atoms with van der Waals surface area (Å²) in [4.78, 5) is 23.7. The number of aryl methyl sites for hydroxylation is 2. The number of carbonyl (C=O) groups is 1. The SMILES string of the molecule is CCc1nc(-c2ccc(Cl)cc2Cl)c(CC)nc1NC1c2ccccc2CC1OC(=O)N(C)C. The molecule has 1 aromatic heterocycles. The summed E-state index contributed by atoms with van der Waals surface area (Å²) in [5.74, 6) is 0.695. The van der Waals surface area contributed by atoms with E-state index in [0.717, 1.165) is 33.8 Å². The molecular weight excluding hydrogens is 471 g/mol. The van der Waals surface area contributed by atoms with Crippen LogP contribution in [-0.4, -0.2) is 41.2 Å². The number of nitrogens with one attached hydrogen (secondary N) is 1. The van der Waals surface area contributed by atoms with Gasteiger partial charge in [0.25, 0.3) is 0 Å². The van der Waals surface area contributed by atoms with Gasteiger partial charge in [0.05, 0.1) is 28.1 Å². The largest absolute Gasteiger partial charge is 0.443 e. The molecule has 2 unspecified atom stereocenters. The highest BCUT2D eigenvalue weighted by Gasteiger charge is 2.36. The molecule has 0 aliphatic heterocycles. The lowest BCUT2D eigenvalue weighted by Crippen LogP contribution is -2.33. The fourth-order valence-corrected chi connectivity index (χ4v) is 4.73. The summed E-state index contributed by atoms with van der Waals surface area (Å²) < 4.78 is 5.84. The van der Waals surface area contributed by atoms with E-state index in [1.165, 1.54) is 4.90 Å². The topological polar surface area (TPSA) is 67.4 Å². The first-order chi connectivity index (χ1) is 16.3. The van der Waals surface area contributed by atoms with Crippen molar-refractivity contribution in [3.63, 3.8) is 0 Å². The number of nitrogens with zero attached hydrogens (tertiary/aromatic N) is 3. The van der Waals surface area contributed by atoms with Gasteiger partial charge >= 0.3 is 6.09 Å². The van der Waals surface area contributed by atoms with E-state index >= 15 is 0 Å². The van der Waals surface area contributed by atoms with Gasteiger partial charge < -0.3 is 15.0 Å². The molecule has 1 heterocycles. The normalized spacial score (nSPS) is 16.8. The summed E-state index contributed by atoms with van der Waals surface area (Å²) in [5, 5.41) is 4.68. The average molecular weight is 499 g/mol. The van der Waals surface area contributed by atoms with Crippen molar-refractivity contribution in [1.29, 1.82) is 0 Å². The van der Waals surface area contributed by atoms with Crippen LogP contribution in [0.1, 0.15) is 42.4 Å². The van der Waals surface area contributed by atoms with E-state index in [9.17, 15) is 4.79 Å². The molecule has 3 aromatic rings. The quantitative estimate of drug-likeness (QED) is 0.428. The molecule has 2 atom stereocenters. The number of ether oxygens (including phenoxy) is 1. The van der Waals surface area contributed by atoms with Crippen molar-refractivity contribution in [2.75, 3.05) is 19.4 Å². The number of carbonyl (C=O) groups excluding carboxylic acids is 1. The van der Waals surface area contributed by atoms with Gasteiger partial charge in [0.15, 0.2) is 0 Å². The Labute approximate surface area is 210 Å². The highest BCUT2D eigenvalue weighted by molar-refractivity contribution is 6.36. The maximum Gasteiger partial charge on any atom is 0.409 e. The fourth-order valence-electron chi connectivity index (χ4n) is 4.23. The Morgan fingerprint density at radius 2 is 1.82 bits per heavy atom. The zero-order valence-corrected chi connectivity index (χ0v) is 21.2. The summed E-state index contributed by atoms with van der Waals surface area (Å²) in [6.45, 7) is 4.08. The third-order valence-electron chi connectivity index (χ3n) is 5.99. The van der Waals surface area contributed by atoms with Crippen LogP contribution in [0.2, 0.25) is 10.0 Å². The van der Waals surface area contributed by atoms with Crippen LogP contribution in [0.25, 0.3) is 11.3 Å². The number of halogens is 2. The average Bonchev–Trinajstić information content (AvgIpc) is 3.15. The zero-order chi connectivity index (χ0) is 24.4. The number of aromatic nitrogens is 2. The third kappa shape index (κ3) is 4.84. The first-order valence-corrected chi connectivity index (χ1v) is 12.1. The first kappa shape index (κ1) is 24.3. The maximum absolute atomic E-state index is 12.4. The number of anilines is 1. The predicted octanol–water partition coefficient (Wildman–Crippen LogP) is 6.35. The summed E-state index contributed by atoms with van der Waals surface area (Å²) in [6.07, 6.45) is 1.28. The molecule has 8 heteroatoms. The number of hydrogen-bond acceptors (Lipinski definition) is 5.